The first-order valence-corrected chi connectivity index (χ1v) is 9.76. The lowest BCUT2D eigenvalue weighted by Gasteiger charge is -2.04. The lowest BCUT2D eigenvalue weighted by molar-refractivity contribution is 0.0606. The average molecular weight is 391 g/mol. The molecule has 0 aliphatic carbocycles. The Hall–Kier alpha value is -2.16. The molecule has 2 aromatic heterocycles. The molecule has 0 fully saturated rings. The number of carbonyl (C=O) groups excluding carboxylic acids is 2. The summed E-state index contributed by atoms with van der Waals surface area (Å²) in [4.78, 5) is 30.0. The summed E-state index contributed by atoms with van der Waals surface area (Å²) >= 11 is 4.30. The van der Waals surface area contributed by atoms with Gasteiger partial charge in [-0.3, -0.25) is 4.79 Å². The quantitative estimate of drug-likeness (QED) is 0.640. The van der Waals surface area contributed by atoms with E-state index in [0.717, 1.165) is 26.3 Å². The molecule has 0 spiro atoms. The molecule has 0 radical (unpaired) electrons. The molecule has 3 rings (SSSR count). The van der Waals surface area contributed by atoms with E-state index in [4.69, 9.17) is 0 Å². The maximum Gasteiger partial charge on any atom is 0.348 e. The summed E-state index contributed by atoms with van der Waals surface area (Å²) < 4.78 is 5.63. The van der Waals surface area contributed by atoms with Gasteiger partial charge in [0.05, 0.1) is 12.0 Å². The largest absolute Gasteiger partial charge is 0.465 e. The SMILES string of the molecule is COC(=O)c1ccc(C(=O)Nc2ccc(Sc3nc(C)cs3)cc2)s1. The maximum atomic E-state index is 12.3. The molecule has 0 saturated heterocycles. The van der Waals surface area contributed by atoms with Crippen LogP contribution in [0.2, 0.25) is 0 Å². The van der Waals surface area contributed by atoms with E-state index in [2.05, 4.69) is 15.0 Å². The van der Waals surface area contributed by atoms with Crippen molar-refractivity contribution in [1.29, 1.82) is 0 Å². The second-order valence-electron chi connectivity index (χ2n) is 4.99. The van der Waals surface area contributed by atoms with Crippen molar-refractivity contribution in [2.24, 2.45) is 0 Å². The van der Waals surface area contributed by atoms with Crippen LogP contribution in [0.1, 0.15) is 25.0 Å². The number of nitrogens with one attached hydrogen (secondary N) is 1. The molecule has 1 aromatic carbocycles. The summed E-state index contributed by atoms with van der Waals surface area (Å²) in [5.74, 6) is -0.695. The second kappa shape index (κ2) is 7.81. The zero-order valence-electron chi connectivity index (χ0n) is 13.4. The van der Waals surface area contributed by atoms with Gasteiger partial charge in [-0.05, 0) is 43.3 Å². The van der Waals surface area contributed by atoms with E-state index in [1.807, 2.05) is 36.6 Å². The number of amides is 1. The molecule has 0 aliphatic rings. The summed E-state index contributed by atoms with van der Waals surface area (Å²) in [7, 11) is 1.31. The fraction of sp³-hybridized carbons (Fsp3) is 0.118. The number of thiophene rings is 1. The molecule has 0 aliphatic heterocycles. The number of methoxy groups -OCH3 is 1. The number of anilines is 1. The summed E-state index contributed by atoms with van der Waals surface area (Å²) in [5, 5.41) is 4.84. The molecular formula is C17H14N2O3S3. The number of aryl methyl sites for hydroxylation is 1. The van der Waals surface area contributed by atoms with Crippen LogP contribution in [0.4, 0.5) is 5.69 Å². The third kappa shape index (κ3) is 4.47. The van der Waals surface area contributed by atoms with Crippen LogP contribution < -0.4 is 5.32 Å². The van der Waals surface area contributed by atoms with Gasteiger partial charge in [0.15, 0.2) is 4.34 Å². The number of benzene rings is 1. The van der Waals surface area contributed by atoms with E-state index in [1.54, 1.807) is 35.2 Å². The van der Waals surface area contributed by atoms with Gasteiger partial charge in [0, 0.05) is 21.7 Å². The Kier molecular flexibility index (Phi) is 5.52. The van der Waals surface area contributed by atoms with Crippen molar-refractivity contribution in [1.82, 2.24) is 4.98 Å². The molecule has 1 amide bonds. The van der Waals surface area contributed by atoms with E-state index >= 15 is 0 Å². The van der Waals surface area contributed by atoms with Crippen molar-refractivity contribution >= 4 is 52.0 Å². The first kappa shape index (κ1) is 17.7. The number of hydrogen-bond acceptors (Lipinski definition) is 7. The molecule has 0 unspecified atom stereocenters. The Morgan fingerprint density at radius 2 is 1.84 bits per heavy atom. The zero-order chi connectivity index (χ0) is 17.8. The van der Waals surface area contributed by atoms with Gasteiger partial charge in [0.2, 0.25) is 0 Å². The average Bonchev–Trinajstić information content (AvgIpc) is 3.25. The molecule has 5 nitrogen and oxygen atoms in total. The standard InChI is InChI=1S/C17H14N2O3S3/c1-10-9-23-17(18-10)24-12-5-3-11(4-6-12)19-15(20)13-7-8-14(25-13)16(21)22-2/h3-9H,1-2H3,(H,19,20). The maximum absolute atomic E-state index is 12.3. The molecule has 25 heavy (non-hydrogen) atoms. The highest BCUT2D eigenvalue weighted by molar-refractivity contribution is 8.01. The van der Waals surface area contributed by atoms with Crippen molar-refractivity contribution in [3.05, 3.63) is 57.2 Å². The van der Waals surface area contributed by atoms with E-state index in [1.165, 1.54) is 7.11 Å². The molecule has 0 saturated carbocycles. The molecule has 2 heterocycles. The number of aromatic nitrogens is 1. The molecule has 8 heteroatoms. The lowest BCUT2D eigenvalue weighted by Crippen LogP contribution is -2.09. The van der Waals surface area contributed by atoms with E-state index < -0.39 is 5.97 Å². The van der Waals surface area contributed by atoms with Crippen molar-refractivity contribution in [3.63, 3.8) is 0 Å². The molecule has 0 atom stereocenters. The van der Waals surface area contributed by atoms with Crippen molar-refractivity contribution < 1.29 is 14.3 Å². The number of nitrogens with zero attached hydrogens (tertiary/aromatic N) is 1. The van der Waals surface area contributed by atoms with Crippen molar-refractivity contribution in [2.75, 3.05) is 12.4 Å². The highest BCUT2D eigenvalue weighted by atomic mass is 32.2. The Morgan fingerprint density at radius 1 is 1.12 bits per heavy atom. The highest BCUT2D eigenvalue weighted by Crippen LogP contribution is 2.31. The third-order valence-electron chi connectivity index (χ3n) is 3.13. The third-order valence-corrected chi connectivity index (χ3v) is 6.26. The number of rotatable bonds is 5. The normalized spacial score (nSPS) is 10.5. The Bertz CT molecular complexity index is 900. The Labute approximate surface area is 157 Å². The highest BCUT2D eigenvalue weighted by Gasteiger charge is 2.14. The van der Waals surface area contributed by atoms with Crippen LogP contribution in [-0.2, 0) is 4.74 Å². The van der Waals surface area contributed by atoms with Crippen molar-refractivity contribution in [3.8, 4) is 0 Å². The molecule has 0 bridgehead atoms. The van der Waals surface area contributed by atoms with Crippen LogP contribution in [0.3, 0.4) is 0 Å². The van der Waals surface area contributed by atoms with Crippen LogP contribution in [-0.4, -0.2) is 24.0 Å². The van der Waals surface area contributed by atoms with Crippen LogP contribution in [0, 0.1) is 6.92 Å². The Balaban J connectivity index is 1.63. The van der Waals surface area contributed by atoms with Crippen molar-refractivity contribution in [2.45, 2.75) is 16.2 Å². The van der Waals surface area contributed by atoms with Gasteiger partial charge in [0.25, 0.3) is 5.91 Å². The number of esters is 1. The number of hydrogen-bond donors (Lipinski definition) is 1. The minimum absolute atomic E-state index is 0.254. The van der Waals surface area contributed by atoms with Gasteiger partial charge in [-0.2, -0.15) is 0 Å². The van der Waals surface area contributed by atoms with Crippen LogP contribution in [0.5, 0.6) is 0 Å². The number of thiazole rings is 1. The Morgan fingerprint density at radius 3 is 2.48 bits per heavy atom. The summed E-state index contributed by atoms with van der Waals surface area (Å²) in [6.45, 7) is 1.97. The number of ether oxygens (including phenoxy) is 1. The minimum atomic E-state index is -0.442. The predicted molar refractivity (Wildman–Crippen MR) is 101 cm³/mol. The van der Waals surface area contributed by atoms with Crippen LogP contribution >= 0.6 is 34.4 Å². The fourth-order valence-electron chi connectivity index (χ4n) is 1.95. The monoisotopic (exact) mass is 390 g/mol. The van der Waals surface area contributed by atoms with Crippen LogP contribution in [0.15, 0.2) is 51.0 Å². The zero-order valence-corrected chi connectivity index (χ0v) is 15.9. The summed E-state index contributed by atoms with van der Waals surface area (Å²) in [6, 6.07) is 10.8. The molecule has 1 N–H and O–H groups in total. The van der Waals surface area contributed by atoms with Gasteiger partial charge < -0.3 is 10.1 Å². The molecule has 128 valence electrons. The summed E-state index contributed by atoms with van der Waals surface area (Å²) in [5.41, 5.74) is 1.70. The lowest BCUT2D eigenvalue weighted by atomic mass is 10.3. The summed E-state index contributed by atoms with van der Waals surface area (Å²) in [6.07, 6.45) is 0. The van der Waals surface area contributed by atoms with Gasteiger partial charge in [0.1, 0.15) is 4.88 Å². The first-order chi connectivity index (χ1) is 12.0. The molecule has 3 aromatic rings. The first-order valence-electron chi connectivity index (χ1n) is 7.24. The van der Waals surface area contributed by atoms with Gasteiger partial charge in [-0.25, -0.2) is 9.78 Å². The number of carbonyl (C=O) groups is 2. The van der Waals surface area contributed by atoms with Crippen LogP contribution in [0.25, 0.3) is 0 Å². The smallest absolute Gasteiger partial charge is 0.348 e. The molecular weight excluding hydrogens is 376 g/mol. The topological polar surface area (TPSA) is 68.3 Å². The van der Waals surface area contributed by atoms with Gasteiger partial charge in [-0.1, -0.05) is 11.8 Å². The second-order valence-corrected chi connectivity index (χ2v) is 8.25. The minimum Gasteiger partial charge on any atom is -0.465 e. The van der Waals surface area contributed by atoms with Gasteiger partial charge >= 0.3 is 5.97 Å². The van der Waals surface area contributed by atoms with E-state index in [0.29, 0.717) is 15.4 Å². The van der Waals surface area contributed by atoms with E-state index in [9.17, 15) is 9.59 Å². The van der Waals surface area contributed by atoms with E-state index in [-0.39, 0.29) is 5.91 Å². The fourth-order valence-corrected chi connectivity index (χ4v) is 4.58. The predicted octanol–water partition coefficient (Wildman–Crippen LogP) is 4.70. The van der Waals surface area contributed by atoms with Gasteiger partial charge in [-0.15, -0.1) is 22.7 Å².